The van der Waals surface area contributed by atoms with Crippen molar-refractivity contribution in [2.75, 3.05) is 52.5 Å². The summed E-state index contributed by atoms with van der Waals surface area (Å²) < 4.78 is 11.8. The fraction of sp³-hybridized carbons (Fsp3) is 0.607. The molecule has 10 heteroatoms. The summed E-state index contributed by atoms with van der Waals surface area (Å²) in [5.74, 6) is -3.75. The van der Waals surface area contributed by atoms with Crippen molar-refractivity contribution in [3.05, 3.63) is 48.6 Å². The van der Waals surface area contributed by atoms with Crippen LogP contribution in [0.4, 0.5) is 0 Å². The molecule has 6 atom stereocenters. The van der Waals surface area contributed by atoms with Crippen LogP contribution >= 0.6 is 0 Å². The average Bonchev–Trinajstić information content (AvgIpc) is 3.58. The van der Waals surface area contributed by atoms with Crippen LogP contribution in [0, 0.1) is 11.8 Å². The lowest BCUT2D eigenvalue weighted by molar-refractivity contribution is -0.153. The molecule has 0 aromatic heterocycles. The minimum atomic E-state index is -1.22. The van der Waals surface area contributed by atoms with Crippen molar-refractivity contribution in [1.29, 1.82) is 0 Å². The van der Waals surface area contributed by atoms with Crippen LogP contribution < -0.4 is 0 Å². The molecule has 4 aliphatic rings. The number of carboxylic acids is 1. The zero-order valence-electron chi connectivity index (χ0n) is 21.6. The molecule has 206 valence electrons. The van der Waals surface area contributed by atoms with Gasteiger partial charge in [-0.05, 0) is 24.8 Å². The van der Waals surface area contributed by atoms with Crippen LogP contribution in [-0.2, 0) is 30.3 Å². The highest BCUT2D eigenvalue weighted by atomic mass is 16.5. The summed E-state index contributed by atoms with van der Waals surface area (Å²) in [5.41, 5.74) is -0.305. The van der Waals surface area contributed by atoms with Crippen LogP contribution in [0.1, 0.15) is 18.4 Å². The van der Waals surface area contributed by atoms with Crippen molar-refractivity contribution < 1.29 is 34.1 Å². The lowest BCUT2D eigenvalue weighted by Crippen LogP contribution is -2.59. The molecule has 4 fully saturated rings. The molecule has 2 unspecified atom stereocenters. The number of amides is 2. The topological polar surface area (TPSA) is 120 Å². The molecule has 2 amide bonds. The van der Waals surface area contributed by atoms with Crippen LogP contribution in [-0.4, -0.2) is 119 Å². The fourth-order valence-corrected chi connectivity index (χ4v) is 6.89. The van der Waals surface area contributed by atoms with E-state index in [9.17, 15) is 24.6 Å². The Balaban J connectivity index is 1.48. The lowest BCUT2D eigenvalue weighted by atomic mass is 9.70. The first-order valence-corrected chi connectivity index (χ1v) is 13.5. The van der Waals surface area contributed by atoms with Crippen LogP contribution in [0.3, 0.4) is 0 Å². The monoisotopic (exact) mass is 527 g/mol. The van der Waals surface area contributed by atoms with Crippen molar-refractivity contribution in [2.45, 2.75) is 43.1 Å². The third-order valence-corrected chi connectivity index (χ3v) is 8.63. The maximum absolute atomic E-state index is 14.4. The number of aliphatic carboxylic acids is 1. The summed E-state index contributed by atoms with van der Waals surface area (Å²) in [6, 6.07) is 7.77. The number of likely N-dealkylation sites (tertiary alicyclic amines) is 1. The van der Waals surface area contributed by atoms with Crippen LogP contribution in [0.2, 0.25) is 0 Å². The molecule has 10 nitrogen and oxygen atoms in total. The molecule has 4 heterocycles. The average molecular weight is 528 g/mol. The minimum Gasteiger partial charge on any atom is -0.481 e. The summed E-state index contributed by atoms with van der Waals surface area (Å²) >= 11 is 0. The standard InChI is InChI=1S/C28H37N3O7/c1-2-10-30(12-11-29-13-15-37-16-14-29)26(34)24-28-9-8-21(38-28)22(27(35)36)23(28)25(33)31(24)20(18-32)17-19-6-4-3-5-7-19/h2-7,20-24,32H,1,8-18H2,(H,35,36)/t20-,21+,22-,23+,24?,28?/m1/s1. The number of carbonyl (C=O) groups is 3. The van der Waals surface area contributed by atoms with E-state index >= 15 is 0 Å². The Kier molecular flexibility index (Phi) is 7.85. The Hall–Kier alpha value is -2.79. The van der Waals surface area contributed by atoms with Crippen molar-refractivity contribution in [2.24, 2.45) is 11.8 Å². The number of aliphatic hydroxyl groups excluding tert-OH is 1. The summed E-state index contributed by atoms with van der Waals surface area (Å²) in [7, 11) is 0. The second-order valence-corrected chi connectivity index (χ2v) is 10.7. The normalized spacial score (nSPS) is 31.3. The van der Waals surface area contributed by atoms with Crippen molar-refractivity contribution in [3.63, 3.8) is 0 Å². The number of fused-ring (bicyclic) bond motifs is 1. The van der Waals surface area contributed by atoms with E-state index < -0.39 is 47.5 Å². The Morgan fingerprint density at radius 1 is 1.24 bits per heavy atom. The van der Waals surface area contributed by atoms with Gasteiger partial charge in [-0.2, -0.15) is 0 Å². The summed E-state index contributed by atoms with van der Waals surface area (Å²) in [4.78, 5) is 46.1. The molecule has 4 aliphatic heterocycles. The Morgan fingerprint density at radius 3 is 2.63 bits per heavy atom. The predicted molar refractivity (Wildman–Crippen MR) is 137 cm³/mol. The smallest absolute Gasteiger partial charge is 0.310 e. The van der Waals surface area contributed by atoms with E-state index in [1.165, 1.54) is 4.90 Å². The van der Waals surface area contributed by atoms with E-state index in [0.29, 0.717) is 45.6 Å². The molecule has 0 aliphatic carbocycles. The Labute approximate surface area is 222 Å². The SMILES string of the molecule is C=CCN(CCN1CCOCC1)C(=O)C1N([C@@H](CO)Cc2ccccc2)C(=O)[C@@H]2[C@H](C(=O)O)[C@@H]3CCC12O3. The van der Waals surface area contributed by atoms with Crippen LogP contribution in [0.25, 0.3) is 0 Å². The second kappa shape index (κ2) is 11.1. The van der Waals surface area contributed by atoms with E-state index in [1.54, 1.807) is 11.0 Å². The van der Waals surface area contributed by atoms with Gasteiger partial charge in [0.25, 0.3) is 0 Å². The largest absolute Gasteiger partial charge is 0.481 e. The van der Waals surface area contributed by atoms with Gasteiger partial charge in [-0.15, -0.1) is 6.58 Å². The molecular formula is C28H37N3O7. The summed E-state index contributed by atoms with van der Waals surface area (Å²) in [5, 5.41) is 20.5. The quantitative estimate of drug-likeness (QED) is 0.397. The maximum atomic E-state index is 14.4. The molecule has 0 radical (unpaired) electrons. The van der Waals surface area contributed by atoms with E-state index in [4.69, 9.17) is 9.47 Å². The summed E-state index contributed by atoms with van der Waals surface area (Å²) in [6.07, 6.45) is 2.32. The van der Waals surface area contributed by atoms with Crippen molar-refractivity contribution in [1.82, 2.24) is 14.7 Å². The van der Waals surface area contributed by atoms with E-state index in [1.807, 2.05) is 30.3 Å². The van der Waals surface area contributed by atoms with E-state index in [0.717, 1.165) is 18.7 Å². The molecule has 5 rings (SSSR count). The number of carboxylic acid groups (broad SMARTS) is 1. The first-order valence-electron chi connectivity index (χ1n) is 13.5. The van der Waals surface area contributed by atoms with Gasteiger partial charge in [-0.25, -0.2) is 0 Å². The second-order valence-electron chi connectivity index (χ2n) is 10.7. The van der Waals surface area contributed by atoms with Gasteiger partial charge < -0.3 is 29.5 Å². The predicted octanol–water partition coefficient (Wildman–Crippen LogP) is 0.396. The highest BCUT2D eigenvalue weighted by Gasteiger charge is 2.75. The van der Waals surface area contributed by atoms with Crippen LogP contribution in [0.5, 0.6) is 0 Å². The number of benzene rings is 1. The Bertz CT molecular complexity index is 1050. The molecule has 0 saturated carbocycles. The molecule has 4 saturated heterocycles. The minimum absolute atomic E-state index is 0.285. The third-order valence-electron chi connectivity index (χ3n) is 8.63. The van der Waals surface area contributed by atoms with Gasteiger partial charge >= 0.3 is 5.97 Å². The fourth-order valence-electron chi connectivity index (χ4n) is 6.89. The van der Waals surface area contributed by atoms with Crippen molar-refractivity contribution in [3.8, 4) is 0 Å². The summed E-state index contributed by atoms with van der Waals surface area (Å²) in [6.45, 7) is 7.70. The van der Waals surface area contributed by atoms with Crippen molar-refractivity contribution >= 4 is 17.8 Å². The van der Waals surface area contributed by atoms with Gasteiger partial charge in [0.1, 0.15) is 11.6 Å². The number of nitrogens with zero attached hydrogens (tertiary/aromatic N) is 3. The first kappa shape index (κ1) is 26.8. The number of hydrogen-bond donors (Lipinski definition) is 2. The maximum Gasteiger partial charge on any atom is 0.310 e. The van der Waals surface area contributed by atoms with Gasteiger partial charge in [0.2, 0.25) is 11.8 Å². The highest BCUT2D eigenvalue weighted by Crippen LogP contribution is 2.59. The Morgan fingerprint density at radius 2 is 1.97 bits per heavy atom. The van der Waals surface area contributed by atoms with Crippen LogP contribution in [0.15, 0.2) is 43.0 Å². The number of hydrogen-bond acceptors (Lipinski definition) is 7. The van der Waals surface area contributed by atoms with Gasteiger partial charge in [-0.1, -0.05) is 36.4 Å². The molecule has 38 heavy (non-hydrogen) atoms. The molecule has 1 aromatic carbocycles. The zero-order chi connectivity index (χ0) is 26.9. The molecule has 2 N–H and O–H groups in total. The highest BCUT2D eigenvalue weighted by molar-refractivity contribution is 5.98. The van der Waals surface area contributed by atoms with Gasteiger partial charge in [0.05, 0.1) is 43.8 Å². The number of ether oxygens (including phenoxy) is 2. The lowest BCUT2D eigenvalue weighted by Gasteiger charge is -2.40. The van der Waals surface area contributed by atoms with Gasteiger partial charge in [0, 0.05) is 32.7 Å². The molecule has 1 aromatic rings. The zero-order valence-corrected chi connectivity index (χ0v) is 21.6. The molecular weight excluding hydrogens is 490 g/mol. The van der Waals surface area contributed by atoms with Gasteiger partial charge in [-0.3, -0.25) is 19.3 Å². The molecule has 1 spiro atoms. The number of aliphatic hydroxyl groups is 1. The van der Waals surface area contributed by atoms with E-state index in [-0.39, 0.29) is 19.1 Å². The number of rotatable bonds is 11. The first-order chi connectivity index (χ1) is 18.4. The van der Waals surface area contributed by atoms with Gasteiger partial charge in [0.15, 0.2) is 0 Å². The molecule has 2 bridgehead atoms. The van der Waals surface area contributed by atoms with E-state index in [2.05, 4.69) is 11.5 Å². The number of carbonyl (C=O) groups excluding carboxylic acids is 2. The number of morpholine rings is 1. The third kappa shape index (κ3) is 4.64.